The summed E-state index contributed by atoms with van der Waals surface area (Å²) in [6.45, 7) is 2.12. The van der Waals surface area contributed by atoms with Crippen molar-refractivity contribution in [2.45, 2.75) is 25.9 Å². The number of benzene rings is 1. The van der Waals surface area contributed by atoms with Gasteiger partial charge in [0.2, 0.25) is 5.13 Å². The molecular formula is C18H16ClFN8O2S. The Balaban J connectivity index is 1.47. The molecule has 0 saturated carbocycles. The lowest BCUT2D eigenvalue weighted by Crippen LogP contribution is -2.09. The summed E-state index contributed by atoms with van der Waals surface area (Å²) in [7, 11) is 0. The molecule has 31 heavy (non-hydrogen) atoms. The Labute approximate surface area is 184 Å². The van der Waals surface area contributed by atoms with Gasteiger partial charge in [0.1, 0.15) is 29.3 Å². The lowest BCUT2D eigenvalue weighted by atomic mass is 10.2. The smallest absolute Gasteiger partial charge is 0.307 e. The van der Waals surface area contributed by atoms with Gasteiger partial charge in [-0.05, 0) is 18.6 Å². The predicted molar refractivity (Wildman–Crippen MR) is 113 cm³/mol. The second-order valence-electron chi connectivity index (χ2n) is 6.53. The fourth-order valence-electron chi connectivity index (χ4n) is 2.96. The number of hydrogen-bond donors (Lipinski definition) is 1. The van der Waals surface area contributed by atoms with Crippen LogP contribution in [0.25, 0.3) is 0 Å². The average Bonchev–Trinajstić information content (AvgIpc) is 3.48. The molecule has 0 aliphatic heterocycles. The number of nitrogens with one attached hydrogen (secondary N) is 1. The van der Waals surface area contributed by atoms with Crippen LogP contribution in [0.3, 0.4) is 0 Å². The van der Waals surface area contributed by atoms with E-state index in [9.17, 15) is 14.5 Å². The third-order valence-electron chi connectivity index (χ3n) is 4.49. The first-order valence-electron chi connectivity index (χ1n) is 9.20. The van der Waals surface area contributed by atoms with Crippen molar-refractivity contribution in [3.8, 4) is 0 Å². The Kier molecular flexibility index (Phi) is 5.91. The molecule has 1 aromatic carbocycles. The number of hydrogen-bond acceptors (Lipinski definition) is 8. The van der Waals surface area contributed by atoms with Gasteiger partial charge in [-0.2, -0.15) is 10.2 Å². The van der Waals surface area contributed by atoms with E-state index in [4.69, 9.17) is 11.6 Å². The van der Waals surface area contributed by atoms with Gasteiger partial charge in [-0.25, -0.2) is 4.39 Å². The van der Waals surface area contributed by atoms with Gasteiger partial charge >= 0.3 is 5.69 Å². The van der Waals surface area contributed by atoms with Crippen molar-refractivity contribution in [1.82, 2.24) is 29.8 Å². The van der Waals surface area contributed by atoms with E-state index in [0.717, 1.165) is 0 Å². The normalized spacial score (nSPS) is 12.1. The van der Waals surface area contributed by atoms with Crippen molar-refractivity contribution in [3.05, 3.63) is 74.4 Å². The molecule has 3 aromatic heterocycles. The number of nitro groups is 1. The summed E-state index contributed by atoms with van der Waals surface area (Å²) in [6.07, 6.45) is 4.91. The molecule has 0 saturated heterocycles. The summed E-state index contributed by atoms with van der Waals surface area (Å²) in [5.41, 5.74) is 0.276. The molecule has 0 bridgehead atoms. The minimum Gasteiger partial charge on any atom is -0.313 e. The highest BCUT2D eigenvalue weighted by atomic mass is 35.5. The van der Waals surface area contributed by atoms with Crippen molar-refractivity contribution >= 4 is 39.6 Å². The fourth-order valence-corrected chi connectivity index (χ4v) is 4.11. The van der Waals surface area contributed by atoms with E-state index < -0.39 is 10.7 Å². The zero-order valence-electron chi connectivity index (χ0n) is 16.1. The molecule has 0 unspecified atom stereocenters. The van der Waals surface area contributed by atoms with Crippen LogP contribution in [-0.2, 0) is 6.54 Å². The maximum Gasteiger partial charge on any atom is 0.307 e. The maximum absolute atomic E-state index is 14.0. The van der Waals surface area contributed by atoms with Gasteiger partial charge in [0.25, 0.3) is 0 Å². The highest BCUT2D eigenvalue weighted by molar-refractivity contribution is 7.15. The van der Waals surface area contributed by atoms with Crippen LogP contribution in [0, 0.1) is 15.9 Å². The first-order valence-corrected chi connectivity index (χ1v) is 10.4. The molecular weight excluding hydrogens is 447 g/mol. The minimum atomic E-state index is -0.492. The molecule has 10 nitrogen and oxygen atoms in total. The van der Waals surface area contributed by atoms with Crippen LogP contribution >= 0.6 is 22.9 Å². The van der Waals surface area contributed by atoms with E-state index in [1.165, 1.54) is 34.5 Å². The van der Waals surface area contributed by atoms with Crippen LogP contribution in [0.5, 0.6) is 0 Å². The number of aromatic nitrogens is 6. The van der Waals surface area contributed by atoms with Crippen molar-refractivity contribution in [1.29, 1.82) is 0 Å². The lowest BCUT2D eigenvalue weighted by molar-refractivity contribution is -0.385. The van der Waals surface area contributed by atoms with Gasteiger partial charge in [-0.15, -0.1) is 10.2 Å². The molecule has 0 radical (unpaired) electrons. The van der Waals surface area contributed by atoms with Crippen molar-refractivity contribution < 1.29 is 9.31 Å². The molecule has 160 valence electrons. The second-order valence-corrected chi connectivity index (χ2v) is 7.95. The van der Waals surface area contributed by atoms with Gasteiger partial charge < -0.3 is 5.32 Å². The highest BCUT2D eigenvalue weighted by Crippen LogP contribution is 2.29. The average molecular weight is 463 g/mol. The third-order valence-corrected chi connectivity index (χ3v) is 5.78. The Bertz CT molecular complexity index is 1200. The van der Waals surface area contributed by atoms with E-state index in [-0.39, 0.29) is 18.3 Å². The zero-order valence-corrected chi connectivity index (χ0v) is 17.7. The molecule has 0 fully saturated rings. The van der Waals surface area contributed by atoms with Gasteiger partial charge in [0, 0.05) is 22.8 Å². The molecule has 0 amide bonds. The number of nitrogens with zero attached hydrogens (tertiary/aromatic N) is 7. The Hall–Kier alpha value is -3.38. The van der Waals surface area contributed by atoms with Gasteiger partial charge in [-0.1, -0.05) is 35.9 Å². The number of rotatable bonds is 8. The quantitative estimate of drug-likeness (QED) is 0.304. The maximum atomic E-state index is 14.0. The molecule has 4 aromatic rings. The molecule has 1 N–H and O–H groups in total. The summed E-state index contributed by atoms with van der Waals surface area (Å²) in [5.74, 6) is 0.119. The van der Waals surface area contributed by atoms with Crippen LogP contribution in [0.4, 0.5) is 21.0 Å². The standard InChI is InChI=1S/C18H16ClFN8O2S/c1-2-15(27-9-11(8-21-27)28(29)30)17-23-24-18(31-17)22-16-6-7-26(25-16)10-12-13(19)4-3-5-14(12)20/h3-9,15H,2,10H2,1H3,(H,22,24,25)/t15-/m0/s1. The van der Waals surface area contributed by atoms with E-state index in [2.05, 4.69) is 25.7 Å². The zero-order chi connectivity index (χ0) is 22.0. The van der Waals surface area contributed by atoms with E-state index >= 15 is 0 Å². The second kappa shape index (κ2) is 8.78. The molecule has 13 heteroatoms. The molecule has 0 spiro atoms. The van der Waals surface area contributed by atoms with Crippen molar-refractivity contribution in [2.24, 2.45) is 0 Å². The van der Waals surface area contributed by atoms with Crippen LogP contribution in [0.2, 0.25) is 5.02 Å². The SMILES string of the molecule is CC[C@@H](c1nnc(Nc2ccn(Cc3c(F)cccc3Cl)n2)s1)n1cc([N+](=O)[O-])cn1. The van der Waals surface area contributed by atoms with Gasteiger partial charge in [0.15, 0.2) is 5.82 Å². The molecule has 0 aliphatic carbocycles. The first kappa shape index (κ1) is 20.9. The van der Waals surface area contributed by atoms with E-state index in [0.29, 0.717) is 33.0 Å². The predicted octanol–water partition coefficient (Wildman–Crippen LogP) is 4.42. The van der Waals surface area contributed by atoms with Crippen LogP contribution < -0.4 is 5.32 Å². The fraction of sp³-hybridized carbons (Fsp3) is 0.222. The molecule has 0 aliphatic rings. The summed E-state index contributed by atoms with van der Waals surface area (Å²) in [5, 5.41) is 32.2. The molecule has 3 heterocycles. The van der Waals surface area contributed by atoms with Crippen LogP contribution in [0.1, 0.15) is 30.0 Å². The Morgan fingerprint density at radius 2 is 2.19 bits per heavy atom. The third kappa shape index (κ3) is 4.54. The molecule has 1 atom stereocenters. The highest BCUT2D eigenvalue weighted by Gasteiger charge is 2.21. The summed E-state index contributed by atoms with van der Waals surface area (Å²) in [6, 6.07) is 5.98. The molecule has 4 rings (SSSR count). The van der Waals surface area contributed by atoms with Crippen molar-refractivity contribution in [3.63, 3.8) is 0 Å². The Morgan fingerprint density at radius 3 is 2.90 bits per heavy atom. The van der Waals surface area contributed by atoms with Gasteiger partial charge in [0.05, 0.1) is 11.5 Å². The summed E-state index contributed by atoms with van der Waals surface area (Å²) < 4.78 is 17.1. The van der Waals surface area contributed by atoms with Gasteiger partial charge in [-0.3, -0.25) is 19.5 Å². The topological polar surface area (TPSA) is 117 Å². The van der Waals surface area contributed by atoms with E-state index in [1.54, 1.807) is 29.1 Å². The van der Waals surface area contributed by atoms with E-state index in [1.807, 2.05) is 6.92 Å². The minimum absolute atomic E-state index is 0.0817. The van der Waals surface area contributed by atoms with Crippen molar-refractivity contribution in [2.75, 3.05) is 5.32 Å². The Morgan fingerprint density at radius 1 is 1.35 bits per heavy atom. The number of anilines is 2. The largest absolute Gasteiger partial charge is 0.313 e. The summed E-state index contributed by atoms with van der Waals surface area (Å²) >= 11 is 7.37. The summed E-state index contributed by atoms with van der Waals surface area (Å²) in [4.78, 5) is 10.4. The first-order chi connectivity index (χ1) is 14.9. The lowest BCUT2D eigenvalue weighted by Gasteiger charge is -2.10. The van der Waals surface area contributed by atoms with Crippen LogP contribution in [0.15, 0.2) is 42.9 Å². The monoisotopic (exact) mass is 462 g/mol. The van der Waals surface area contributed by atoms with Crippen LogP contribution in [-0.4, -0.2) is 34.7 Å². The number of halogens is 2.